The molecule has 1 aliphatic carbocycles. The second-order valence-corrected chi connectivity index (χ2v) is 3.97. The van der Waals surface area contributed by atoms with Gasteiger partial charge in [0.2, 0.25) is 0 Å². The molecule has 0 fully saturated rings. The normalized spacial score (nSPS) is 33.4. The highest BCUT2D eigenvalue weighted by atomic mass is 16.3. The summed E-state index contributed by atoms with van der Waals surface area (Å²) >= 11 is 0. The second kappa shape index (κ2) is 4.21. The maximum Gasteiger partial charge on any atom is 0.189 e. The molecule has 0 unspecified atom stereocenters. The van der Waals surface area contributed by atoms with Crippen molar-refractivity contribution in [2.75, 3.05) is 6.61 Å². The van der Waals surface area contributed by atoms with Gasteiger partial charge in [0.1, 0.15) is 6.10 Å². The number of ketones is 1. The Hall–Kier alpha value is -0.710. The highest BCUT2D eigenvalue weighted by molar-refractivity contribution is 6.00. The molecule has 0 aliphatic heterocycles. The van der Waals surface area contributed by atoms with Crippen LogP contribution in [0.15, 0.2) is 11.6 Å². The maximum absolute atomic E-state index is 11.4. The van der Waals surface area contributed by atoms with E-state index in [9.17, 15) is 15.0 Å². The molecule has 0 aromatic rings. The third kappa shape index (κ3) is 1.87. The standard InChI is InChI=1S/C10H16O4/c1-5(2)8-7(12)3-6(4-11)9(13)10(8)14/h3,5,7-8,10-12,14H,4H2,1-2H3/t7-,8+,10-/m1/s1. The predicted molar refractivity (Wildman–Crippen MR) is 50.5 cm³/mol. The summed E-state index contributed by atoms with van der Waals surface area (Å²) in [5.41, 5.74) is 0.0990. The van der Waals surface area contributed by atoms with Crippen molar-refractivity contribution in [1.29, 1.82) is 0 Å². The Balaban J connectivity index is 2.96. The van der Waals surface area contributed by atoms with Gasteiger partial charge in [-0.1, -0.05) is 13.8 Å². The minimum atomic E-state index is -1.20. The molecule has 0 saturated heterocycles. The van der Waals surface area contributed by atoms with E-state index in [4.69, 9.17) is 5.11 Å². The Labute approximate surface area is 82.9 Å². The van der Waals surface area contributed by atoms with Crippen LogP contribution < -0.4 is 0 Å². The minimum absolute atomic E-state index is 0.0143. The Bertz CT molecular complexity index is 257. The summed E-state index contributed by atoms with van der Waals surface area (Å²) in [5, 5.41) is 28.1. The largest absolute Gasteiger partial charge is 0.392 e. The van der Waals surface area contributed by atoms with Crippen LogP contribution in [-0.2, 0) is 4.79 Å². The fraction of sp³-hybridized carbons (Fsp3) is 0.700. The van der Waals surface area contributed by atoms with Gasteiger partial charge in [-0.3, -0.25) is 4.79 Å². The summed E-state index contributed by atoms with van der Waals surface area (Å²) in [5.74, 6) is -0.935. The van der Waals surface area contributed by atoms with Crippen LogP contribution in [0.1, 0.15) is 13.8 Å². The maximum atomic E-state index is 11.4. The Morgan fingerprint density at radius 3 is 2.43 bits per heavy atom. The van der Waals surface area contributed by atoms with Crippen LogP contribution in [0, 0.1) is 11.8 Å². The summed E-state index contributed by atoms with van der Waals surface area (Å²) in [6, 6.07) is 0. The average molecular weight is 200 g/mol. The molecule has 0 heterocycles. The Morgan fingerprint density at radius 1 is 1.43 bits per heavy atom. The fourth-order valence-corrected chi connectivity index (χ4v) is 1.84. The highest BCUT2D eigenvalue weighted by Gasteiger charge is 2.38. The Kier molecular flexibility index (Phi) is 3.42. The second-order valence-electron chi connectivity index (χ2n) is 3.97. The Morgan fingerprint density at radius 2 is 2.00 bits per heavy atom. The molecule has 0 aromatic carbocycles. The molecule has 1 aliphatic rings. The molecule has 0 amide bonds. The molecular weight excluding hydrogens is 184 g/mol. The number of carbonyl (C=O) groups excluding carboxylic acids is 1. The number of rotatable bonds is 2. The van der Waals surface area contributed by atoms with E-state index in [1.165, 1.54) is 6.08 Å². The van der Waals surface area contributed by atoms with Crippen molar-refractivity contribution >= 4 is 5.78 Å². The average Bonchev–Trinajstić information content (AvgIpc) is 2.10. The zero-order chi connectivity index (χ0) is 10.9. The van der Waals surface area contributed by atoms with Gasteiger partial charge in [0.05, 0.1) is 12.7 Å². The van der Waals surface area contributed by atoms with Gasteiger partial charge in [-0.2, -0.15) is 0 Å². The van der Waals surface area contributed by atoms with E-state index in [-0.39, 0.29) is 11.5 Å². The van der Waals surface area contributed by atoms with Crippen LogP contribution in [0.2, 0.25) is 0 Å². The van der Waals surface area contributed by atoms with Crippen molar-refractivity contribution in [3.8, 4) is 0 Å². The molecule has 80 valence electrons. The summed E-state index contributed by atoms with van der Waals surface area (Å²) < 4.78 is 0. The number of carbonyl (C=O) groups is 1. The number of hydrogen-bond acceptors (Lipinski definition) is 4. The first-order valence-electron chi connectivity index (χ1n) is 4.71. The lowest BCUT2D eigenvalue weighted by Gasteiger charge is -2.32. The SMILES string of the molecule is CC(C)[C@H]1[C@H](O)C=C(CO)C(=O)[C@@H]1O. The third-order valence-corrected chi connectivity index (χ3v) is 2.66. The summed E-state index contributed by atoms with van der Waals surface area (Å²) in [6.07, 6.45) is -0.721. The number of hydrogen-bond donors (Lipinski definition) is 3. The molecule has 1 rings (SSSR count). The van der Waals surface area contributed by atoms with Gasteiger partial charge in [0, 0.05) is 11.5 Å². The summed E-state index contributed by atoms with van der Waals surface area (Å²) in [4.78, 5) is 11.4. The molecule has 4 nitrogen and oxygen atoms in total. The summed E-state index contributed by atoms with van der Waals surface area (Å²) in [6.45, 7) is 3.24. The van der Waals surface area contributed by atoms with E-state index in [2.05, 4.69) is 0 Å². The zero-order valence-electron chi connectivity index (χ0n) is 8.34. The van der Waals surface area contributed by atoms with Crippen LogP contribution in [-0.4, -0.2) is 39.9 Å². The van der Waals surface area contributed by atoms with Crippen LogP contribution in [0.5, 0.6) is 0 Å². The van der Waals surface area contributed by atoms with E-state index >= 15 is 0 Å². The van der Waals surface area contributed by atoms with Crippen molar-refractivity contribution in [1.82, 2.24) is 0 Å². The molecular formula is C10H16O4. The van der Waals surface area contributed by atoms with E-state index in [0.717, 1.165) is 0 Å². The van der Waals surface area contributed by atoms with E-state index < -0.39 is 30.5 Å². The van der Waals surface area contributed by atoms with E-state index in [0.29, 0.717) is 0 Å². The molecule has 3 N–H and O–H groups in total. The van der Waals surface area contributed by atoms with Gasteiger partial charge in [-0.15, -0.1) is 0 Å². The zero-order valence-corrected chi connectivity index (χ0v) is 8.34. The quantitative estimate of drug-likeness (QED) is 0.560. The molecule has 4 heteroatoms. The van der Waals surface area contributed by atoms with Crippen molar-refractivity contribution in [2.45, 2.75) is 26.1 Å². The highest BCUT2D eigenvalue weighted by Crippen LogP contribution is 2.27. The molecule has 0 saturated carbocycles. The molecule has 0 aromatic heterocycles. The lowest BCUT2D eigenvalue weighted by Crippen LogP contribution is -2.44. The molecule has 14 heavy (non-hydrogen) atoms. The fourth-order valence-electron chi connectivity index (χ4n) is 1.84. The number of aliphatic hydroxyl groups is 3. The van der Waals surface area contributed by atoms with Crippen molar-refractivity contribution in [3.05, 3.63) is 11.6 Å². The van der Waals surface area contributed by atoms with Crippen molar-refractivity contribution in [3.63, 3.8) is 0 Å². The summed E-state index contributed by atoms with van der Waals surface area (Å²) in [7, 11) is 0. The van der Waals surface area contributed by atoms with Gasteiger partial charge in [-0.25, -0.2) is 0 Å². The van der Waals surface area contributed by atoms with Crippen LogP contribution >= 0.6 is 0 Å². The predicted octanol–water partition coefficient (Wildman–Crippen LogP) is -0.518. The van der Waals surface area contributed by atoms with Gasteiger partial charge >= 0.3 is 0 Å². The van der Waals surface area contributed by atoms with Gasteiger partial charge < -0.3 is 15.3 Å². The van der Waals surface area contributed by atoms with E-state index in [1.807, 2.05) is 13.8 Å². The molecule has 0 bridgehead atoms. The first-order valence-corrected chi connectivity index (χ1v) is 4.71. The molecule has 0 spiro atoms. The van der Waals surface area contributed by atoms with Crippen LogP contribution in [0.3, 0.4) is 0 Å². The topological polar surface area (TPSA) is 77.8 Å². The molecule has 3 atom stereocenters. The van der Waals surface area contributed by atoms with Crippen molar-refractivity contribution in [2.24, 2.45) is 11.8 Å². The van der Waals surface area contributed by atoms with Crippen LogP contribution in [0.4, 0.5) is 0 Å². The minimum Gasteiger partial charge on any atom is -0.392 e. The van der Waals surface area contributed by atoms with Crippen LogP contribution in [0.25, 0.3) is 0 Å². The third-order valence-electron chi connectivity index (χ3n) is 2.66. The monoisotopic (exact) mass is 200 g/mol. The van der Waals surface area contributed by atoms with E-state index in [1.54, 1.807) is 0 Å². The smallest absolute Gasteiger partial charge is 0.189 e. The van der Waals surface area contributed by atoms with Crippen molar-refractivity contribution < 1.29 is 20.1 Å². The first-order chi connectivity index (χ1) is 6.49. The number of Topliss-reactive ketones (excluding diaryl/α,β-unsaturated/α-hetero) is 1. The van der Waals surface area contributed by atoms with Gasteiger partial charge in [0.25, 0.3) is 0 Å². The molecule has 0 radical (unpaired) electrons. The van der Waals surface area contributed by atoms with Gasteiger partial charge in [0.15, 0.2) is 5.78 Å². The lowest BCUT2D eigenvalue weighted by atomic mass is 9.77. The lowest BCUT2D eigenvalue weighted by molar-refractivity contribution is -0.131. The first kappa shape index (κ1) is 11.4. The van der Waals surface area contributed by atoms with Gasteiger partial charge in [-0.05, 0) is 12.0 Å². The number of aliphatic hydroxyl groups excluding tert-OH is 3.